The summed E-state index contributed by atoms with van der Waals surface area (Å²) < 4.78 is 17.9. The van der Waals surface area contributed by atoms with Gasteiger partial charge in [0.1, 0.15) is 11.6 Å². The molecule has 0 amide bonds. The molecule has 0 saturated heterocycles. The van der Waals surface area contributed by atoms with Crippen LogP contribution in [0.1, 0.15) is 5.56 Å². The van der Waals surface area contributed by atoms with E-state index in [-0.39, 0.29) is 11.8 Å². The molecular weight excluding hydrogens is 209 g/mol. The molecule has 0 bridgehead atoms. The van der Waals surface area contributed by atoms with E-state index in [0.717, 1.165) is 5.56 Å². The lowest BCUT2D eigenvalue weighted by Gasteiger charge is -2.03. The molecule has 1 aromatic heterocycles. The van der Waals surface area contributed by atoms with Gasteiger partial charge in [-0.15, -0.1) is 0 Å². The lowest BCUT2D eigenvalue weighted by atomic mass is 10.3. The lowest BCUT2D eigenvalue weighted by Crippen LogP contribution is -1.99. The number of hydrogen-bond acceptors (Lipinski definition) is 4. The van der Waals surface area contributed by atoms with Crippen LogP contribution in [0.2, 0.25) is 0 Å². The average molecular weight is 219 g/mol. The quantitative estimate of drug-likeness (QED) is 0.855. The van der Waals surface area contributed by atoms with Crippen LogP contribution in [0.3, 0.4) is 0 Å². The molecule has 82 valence electrons. The molecule has 1 heterocycles. The Balaban J connectivity index is 2.11. The predicted molar refractivity (Wildman–Crippen MR) is 56.4 cm³/mol. The van der Waals surface area contributed by atoms with Gasteiger partial charge in [0.2, 0.25) is 0 Å². The van der Waals surface area contributed by atoms with Crippen LogP contribution in [-0.2, 0) is 6.54 Å². The summed E-state index contributed by atoms with van der Waals surface area (Å²) >= 11 is 0. The molecule has 2 N–H and O–H groups in total. The van der Waals surface area contributed by atoms with Crippen LogP contribution < -0.4 is 10.5 Å². The average Bonchev–Trinajstić information content (AvgIpc) is 2.33. The molecule has 0 atom stereocenters. The largest absolute Gasteiger partial charge is 0.424 e. The van der Waals surface area contributed by atoms with E-state index < -0.39 is 0 Å². The fourth-order valence-corrected chi connectivity index (χ4v) is 1.11. The monoisotopic (exact) mass is 219 g/mol. The molecule has 1 aromatic carbocycles. The van der Waals surface area contributed by atoms with Crippen LogP contribution in [0.15, 0.2) is 36.7 Å². The molecule has 0 aliphatic rings. The van der Waals surface area contributed by atoms with Crippen molar-refractivity contribution in [1.29, 1.82) is 0 Å². The summed E-state index contributed by atoms with van der Waals surface area (Å²) in [6.45, 7) is 0.386. The van der Waals surface area contributed by atoms with Gasteiger partial charge in [-0.25, -0.2) is 14.4 Å². The SMILES string of the molecule is NCc1cnc(Oc2ccc(F)cc2)nc1. The molecule has 0 aliphatic heterocycles. The van der Waals surface area contributed by atoms with Gasteiger partial charge in [0, 0.05) is 24.5 Å². The van der Waals surface area contributed by atoms with Crippen LogP contribution in [-0.4, -0.2) is 9.97 Å². The van der Waals surface area contributed by atoms with Crippen molar-refractivity contribution in [3.05, 3.63) is 48.0 Å². The number of ether oxygens (including phenoxy) is 1. The van der Waals surface area contributed by atoms with E-state index in [2.05, 4.69) is 9.97 Å². The zero-order valence-corrected chi connectivity index (χ0v) is 8.43. The van der Waals surface area contributed by atoms with Crippen LogP contribution in [0, 0.1) is 5.82 Å². The van der Waals surface area contributed by atoms with Gasteiger partial charge < -0.3 is 10.5 Å². The Morgan fingerprint density at radius 3 is 2.31 bits per heavy atom. The second kappa shape index (κ2) is 4.67. The van der Waals surface area contributed by atoms with Crippen LogP contribution in [0.4, 0.5) is 4.39 Å². The molecule has 0 unspecified atom stereocenters. The number of nitrogens with zero attached hydrogens (tertiary/aromatic N) is 2. The van der Waals surface area contributed by atoms with E-state index >= 15 is 0 Å². The molecule has 0 fully saturated rings. The third-order valence-electron chi connectivity index (χ3n) is 1.94. The number of hydrogen-bond donors (Lipinski definition) is 1. The van der Waals surface area contributed by atoms with Crippen molar-refractivity contribution in [2.75, 3.05) is 0 Å². The van der Waals surface area contributed by atoms with Crippen molar-refractivity contribution in [3.63, 3.8) is 0 Å². The Bertz CT molecular complexity index is 456. The molecule has 5 heteroatoms. The van der Waals surface area contributed by atoms with E-state index in [1.165, 1.54) is 24.3 Å². The van der Waals surface area contributed by atoms with E-state index in [1.54, 1.807) is 12.4 Å². The fourth-order valence-electron chi connectivity index (χ4n) is 1.11. The summed E-state index contributed by atoms with van der Waals surface area (Å²) in [5.74, 6) is 0.175. The zero-order valence-electron chi connectivity index (χ0n) is 8.43. The van der Waals surface area contributed by atoms with Crippen molar-refractivity contribution in [3.8, 4) is 11.8 Å². The minimum Gasteiger partial charge on any atom is -0.424 e. The van der Waals surface area contributed by atoms with E-state index in [0.29, 0.717) is 12.3 Å². The number of rotatable bonds is 3. The molecule has 4 nitrogen and oxygen atoms in total. The Hall–Kier alpha value is -2.01. The first kappa shape index (κ1) is 10.5. The van der Waals surface area contributed by atoms with Gasteiger partial charge in [-0.1, -0.05) is 0 Å². The molecule has 0 spiro atoms. The second-order valence-electron chi connectivity index (χ2n) is 3.13. The van der Waals surface area contributed by atoms with Gasteiger partial charge >= 0.3 is 6.01 Å². The topological polar surface area (TPSA) is 61.0 Å². The Kier molecular flexibility index (Phi) is 3.07. The maximum Gasteiger partial charge on any atom is 0.321 e. The molecule has 16 heavy (non-hydrogen) atoms. The maximum atomic E-state index is 12.6. The fraction of sp³-hybridized carbons (Fsp3) is 0.0909. The minimum absolute atomic E-state index is 0.212. The summed E-state index contributed by atoms with van der Waals surface area (Å²) in [4.78, 5) is 7.92. The molecule has 0 aliphatic carbocycles. The first-order chi connectivity index (χ1) is 7.78. The zero-order chi connectivity index (χ0) is 11.4. The second-order valence-corrected chi connectivity index (χ2v) is 3.13. The Morgan fingerprint density at radius 1 is 1.12 bits per heavy atom. The van der Waals surface area contributed by atoms with Crippen molar-refractivity contribution in [2.45, 2.75) is 6.54 Å². The van der Waals surface area contributed by atoms with Crippen molar-refractivity contribution < 1.29 is 9.13 Å². The summed E-state index contributed by atoms with van der Waals surface area (Å²) in [6.07, 6.45) is 3.18. The third kappa shape index (κ3) is 2.52. The summed E-state index contributed by atoms with van der Waals surface area (Å²) in [6, 6.07) is 5.85. The molecule has 2 aromatic rings. The molecule has 2 rings (SSSR count). The van der Waals surface area contributed by atoms with E-state index in [1.807, 2.05) is 0 Å². The van der Waals surface area contributed by atoms with E-state index in [9.17, 15) is 4.39 Å². The van der Waals surface area contributed by atoms with Gasteiger partial charge in [-0.3, -0.25) is 0 Å². The van der Waals surface area contributed by atoms with Gasteiger partial charge in [0.15, 0.2) is 0 Å². The first-order valence-corrected chi connectivity index (χ1v) is 4.72. The highest BCUT2D eigenvalue weighted by Gasteiger charge is 2.00. The first-order valence-electron chi connectivity index (χ1n) is 4.72. The van der Waals surface area contributed by atoms with Crippen molar-refractivity contribution in [1.82, 2.24) is 9.97 Å². The highest BCUT2D eigenvalue weighted by molar-refractivity contribution is 5.25. The molecular formula is C11H10FN3O. The van der Waals surface area contributed by atoms with Crippen LogP contribution in [0.5, 0.6) is 11.8 Å². The Morgan fingerprint density at radius 2 is 1.75 bits per heavy atom. The number of aromatic nitrogens is 2. The highest BCUT2D eigenvalue weighted by Crippen LogP contribution is 2.17. The minimum atomic E-state index is -0.313. The molecule has 0 saturated carbocycles. The summed E-state index contributed by atoms with van der Waals surface area (Å²) in [5.41, 5.74) is 6.23. The summed E-state index contributed by atoms with van der Waals surface area (Å²) in [7, 11) is 0. The van der Waals surface area contributed by atoms with Gasteiger partial charge in [-0.05, 0) is 24.3 Å². The van der Waals surface area contributed by atoms with Gasteiger partial charge in [0.25, 0.3) is 0 Å². The standard InChI is InChI=1S/C11H10FN3O/c12-9-1-3-10(4-2-9)16-11-14-6-8(5-13)7-15-11/h1-4,6-7H,5,13H2. The Labute approximate surface area is 91.9 Å². The van der Waals surface area contributed by atoms with E-state index in [4.69, 9.17) is 10.5 Å². The maximum absolute atomic E-state index is 12.6. The van der Waals surface area contributed by atoms with Gasteiger partial charge in [-0.2, -0.15) is 0 Å². The van der Waals surface area contributed by atoms with Crippen LogP contribution >= 0.6 is 0 Å². The predicted octanol–water partition coefficient (Wildman–Crippen LogP) is 1.87. The summed E-state index contributed by atoms with van der Waals surface area (Å²) in [5, 5.41) is 0. The van der Waals surface area contributed by atoms with Crippen LogP contribution in [0.25, 0.3) is 0 Å². The van der Waals surface area contributed by atoms with Gasteiger partial charge in [0.05, 0.1) is 0 Å². The number of halogens is 1. The third-order valence-corrected chi connectivity index (χ3v) is 1.94. The number of benzene rings is 1. The number of nitrogens with two attached hydrogens (primary N) is 1. The normalized spacial score (nSPS) is 10.1. The highest BCUT2D eigenvalue weighted by atomic mass is 19.1. The van der Waals surface area contributed by atoms with Crippen molar-refractivity contribution >= 4 is 0 Å². The smallest absolute Gasteiger partial charge is 0.321 e. The lowest BCUT2D eigenvalue weighted by molar-refractivity contribution is 0.439. The molecule has 0 radical (unpaired) electrons. The van der Waals surface area contributed by atoms with Crippen molar-refractivity contribution in [2.24, 2.45) is 5.73 Å².